The first kappa shape index (κ1) is 15.5. The van der Waals surface area contributed by atoms with E-state index in [9.17, 15) is 4.79 Å². The van der Waals surface area contributed by atoms with Gasteiger partial charge < -0.3 is 10.2 Å². The summed E-state index contributed by atoms with van der Waals surface area (Å²) in [5, 5.41) is 3.33. The van der Waals surface area contributed by atoms with Crippen LogP contribution in [0.2, 0.25) is 0 Å². The lowest BCUT2D eigenvalue weighted by Gasteiger charge is -2.36. The Morgan fingerprint density at radius 2 is 1.64 bits per heavy atom. The summed E-state index contributed by atoms with van der Waals surface area (Å²) >= 11 is 0. The zero-order valence-corrected chi connectivity index (χ0v) is 13.6. The maximum atomic E-state index is 12.7. The highest BCUT2D eigenvalue weighted by atomic mass is 16.2. The Balaban J connectivity index is 1.50. The molecule has 0 atom stereocenters. The van der Waals surface area contributed by atoms with Gasteiger partial charge in [0.05, 0.1) is 0 Å². The molecule has 1 aromatic rings. The molecule has 22 heavy (non-hydrogen) atoms. The van der Waals surface area contributed by atoms with E-state index in [1.54, 1.807) is 0 Å². The van der Waals surface area contributed by atoms with Crippen LogP contribution in [0.15, 0.2) is 30.3 Å². The van der Waals surface area contributed by atoms with E-state index in [1.165, 1.54) is 5.56 Å². The number of nitrogens with zero attached hydrogens (tertiary/aromatic N) is 1. The third kappa shape index (κ3) is 3.52. The SMILES string of the molecule is CNC1CCN(C(=O)C2CCC(c3ccccc3)CC2)CC1. The van der Waals surface area contributed by atoms with E-state index in [0.29, 0.717) is 17.9 Å². The number of carbonyl (C=O) groups is 1. The Morgan fingerprint density at radius 3 is 2.23 bits per heavy atom. The van der Waals surface area contributed by atoms with Crippen LogP contribution >= 0.6 is 0 Å². The Bertz CT molecular complexity index is 471. The molecular weight excluding hydrogens is 272 g/mol. The summed E-state index contributed by atoms with van der Waals surface area (Å²) < 4.78 is 0. The Hall–Kier alpha value is -1.35. The summed E-state index contributed by atoms with van der Waals surface area (Å²) in [4.78, 5) is 14.8. The lowest BCUT2D eigenvalue weighted by molar-refractivity contribution is -0.137. The molecule has 1 aromatic carbocycles. The van der Waals surface area contributed by atoms with Crippen LogP contribution in [-0.4, -0.2) is 37.0 Å². The molecule has 120 valence electrons. The molecule has 1 saturated heterocycles. The molecule has 1 saturated carbocycles. The van der Waals surface area contributed by atoms with Gasteiger partial charge in [-0.25, -0.2) is 0 Å². The highest BCUT2D eigenvalue weighted by Crippen LogP contribution is 2.36. The van der Waals surface area contributed by atoms with E-state index in [4.69, 9.17) is 0 Å². The highest BCUT2D eigenvalue weighted by Gasteiger charge is 2.31. The van der Waals surface area contributed by atoms with Gasteiger partial charge in [0.2, 0.25) is 5.91 Å². The first-order valence-corrected chi connectivity index (χ1v) is 8.79. The standard InChI is InChI=1S/C19H28N2O/c1-20-18-11-13-21(14-12-18)19(22)17-9-7-16(8-10-17)15-5-3-2-4-6-15/h2-6,16-18,20H,7-14H2,1H3. The molecule has 1 amide bonds. The molecule has 0 radical (unpaired) electrons. The first-order valence-electron chi connectivity index (χ1n) is 8.79. The largest absolute Gasteiger partial charge is 0.342 e. The summed E-state index contributed by atoms with van der Waals surface area (Å²) in [5.41, 5.74) is 1.45. The van der Waals surface area contributed by atoms with Crippen molar-refractivity contribution in [2.75, 3.05) is 20.1 Å². The molecule has 2 aliphatic rings. The van der Waals surface area contributed by atoms with Gasteiger partial charge in [-0.1, -0.05) is 30.3 Å². The summed E-state index contributed by atoms with van der Waals surface area (Å²) in [6.07, 6.45) is 6.64. The van der Waals surface area contributed by atoms with Crippen molar-refractivity contribution < 1.29 is 4.79 Å². The van der Waals surface area contributed by atoms with Crippen LogP contribution in [0.3, 0.4) is 0 Å². The van der Waals surface area contributed by atoms with Gasteiger partial charge in [0, 0.05) is 25.0 Å². The minimum Gasteiger partial charge on any atom is -0.342 e. The predicted octanol–water partition coefficient (Wildman–Crippen LogP) is 3.17. The van der Waals surface area contributed by atoms with Crippen LogP contribution in [0.25, 0.3) is 0 Å². The second-order valence-corrected chi connectivity index (χ2v) is 6.85. The Kier molecular flexibility index (Phi) is 5.14. The average Bonchev–Trinajstić information content (AvgIpc) is 2.62. The third-order valence-electron chi connectivity index (χ3n) is 5.56. The maximum absolute atomic E-state index is 12.7. The van der Waals surface area contributed by atoms with Crippen LogP contribution < -0.4 is 5.32 Å². The zero-order chi connectivity index (χ0) is 15.4. The number of hydrogen-bond acceptors (Lipinski definition) is 2. The fourth-order valence-corrected chi connectivity index (χ4v) is 4.05. The van der Waals surface area contributed by atoms with Crippen molar-refractivity contribution in [3.63, 3.8) is 0 Å². The Labute approximate surface area is 134 Å². The van der Waals surface area contributed by atoms with E-state index in [-0.39, 0.29) is 5.92 Å². The number of rotatable bonds is 3. The number of hydrogen-bond donors (Lipinski definition) is 1. The van der Waals surface area contributed by atoms with Gasteiger partial charge in [-0.05, 0) is 57.1 Å². The van der Waals surface area contributed by atoms with Crippen molar-refractivity contribution >= 4 is 5.91 Å². The van der Waals surface area contributed by atoms with Gasteiger partial charge in [0.25, 0.3) is 0 Å². The third-order valence-corrected chi connectivity index (χ3v) is 5.56. The molecule has 3 heteroatoms. The lowest BCUT2D eigenvalue weighted by Crippen LogP contribution is -2.46. The van der Waals surface area contributed by atoms with Crippen molar-refractivity contribution in [3.05, 3.63) is 35.9 Å². The minimum absolute atomic E-state index is 0.270. The normalized spacial score (nSPS) is 26.9. The van der Waals surface area contributed by atoms with Crippen molar-refractivity contribution in [2.45, 2.75) is 50.5 Å². The van der Waals surface area contributed by atoms with Gasteiger partial charge in [0.1, 0.15) is 0 Å². The van der Waals surface area contributed by atoms with Crippen molar-refractivity contribution in [3.8, 4) is 0 Å². The molecule has 0 unspecified atom stereocenters. The van der Waals surface area contributed by atoms with E-state index in [0.717, 1.165) is 51.6 Å². The number of piperidine rings is 1. The molecule has 2 fully saturated rings. The van der Waals surface area contributed by atoms with Gasteiger partial charge in [-0.15, -0.1) is 0 Å². The monoisotopic (exact) mass is 300 g/mol. The van der Waals surface area contributed by atoms with Crippen LogP contribution in [0.5, 0.6) is 0 Å². The maximum Gasteiger partial charge on any atom is 0.225 e. The molecular formula is C19H28N2O. The lowest BCUT2D eigenvalue weighted by atomic mass is 9.78. The van der Waals surface area contributed by atoms with Crippen LogP contribution in [0.1, 0.15) is 50.0 Å². The quantitative estimate of drug-likeness (QED) is 0.930. The smallest absolute Gasteiger partial charge is 0.225 e. The predicted molar refractivity (Wildman–Crippen MR) is 89.8 cm³/mol. The number of nitrogens with one attached hydrogen (secondary N) is 1. The number of amides is 1. The highest BCUT2D eigenvalue weighted by molar-refractivity contribution is 5.79. The van der Waals surface area contributed by atoms with E-state index >= 15 is 0 Å². The minimum atomic E-state index is 0.270. The molecule has 0 bridgehead atoms. The van der Waals surface area contributed by atoms with Crippen molar-refractivity contribution in [1.29, 1.82) is 0 Å². The second kappa shape index (κ2) is 7.28. The van der Waals surface area contributed by atoms with Gasteiger partial charge in [0.15, 0.2) is 0 Å². The fraction of sp³-hybridized carbons (Fsp3) is 0.632. The molecule has 1 N–H and O–H groups in total. The number of likely N-dealkylation sites (tertiary alicyclic amines) is 1. The number of benzene rings is 1. The molecule has 0 aromatic heterocycles. The second-order valence-electron chi connectivity index (χ2n) is 6.85. The van der Waals surface area contributed by atoms with E-state index in [1.807, 2.05) is 7.05 Å². The van der Waals surface area contributed by atoms with Crippen LogP contribution in [0, 0.1) is 5.92 Å². The first-order chi connectivity index (χ1) is 10.8. The summed E-state index contributed by atoms with van der Waals surface area (Å²) in [7, 11) is 2.02. The van der Waals surface area contributed by atoms with Crippen LogP contribution in [0.4, 0.5) is 0 Å². The zero-order valence-electron chi connectivity index (χ0n) is 13.6. The van der Waals surface area contributed by atoms with Crippen LogP contribution in [-0.2, 0) is 4.79 Å². The van der Waals surface area contributed by atoms with E-state index in [2.05, 4.69) is 40.5 Å². The molecule has 1 heterocycles. The van der Waals surface area contributed by atoms with Crippen molar-refractivity contribution in [2.24, 2.45) is 5.92 Å². The van der Waals surface area contributed by atoms with Crippen molar-refractivity contribution in [1.82, 2.24) is 10.2 Å². The summed E-state index contributed by atoms with van der Waals surface area (Å²) in [6, 6.07) is 11.4. The molecule has 1 aliphatic carbocycles. The van der Waals surface area contributed by atoms with E-state index < -0.39 is 0 Å². The molecule has 3 rings (SSSR count). The van der Waals surface area contributed by atoms with Gasteiger partial charge >= 0.3 is 0 Å². The fourth-order valence-electron chi connectivity index (χ4n) is 4.05. The average molecular weight is 300 g/mol. The molecule has 1 aliphatic heterocycles. The number of carbonyl (C=O) groups excluding carboxylic acids is 1. The molecule has 0 spiro atoms. The Morgan fingerprint density at radius 1 is 1.00 bits per heavy atom. The van der Waals surface area contributed by atoms with Gasteiger partial charge in [-0.2, -0.15) is 0 Å². The summed E-state index contributed by atoms with van der Waals surface area (Å²) in [5.74, 6) is 1.34. The topological polar surface area (TPSA) is 32.3 Å². The van der Waals surface area contributed by atoms with Gasteiger partial charge in [-0.3, -0.25) is 4.79 Å². The summed E-state index contributed by atoms with van der Waals surface area (Å²) in [6.45, 7) is 1.87. The molecule has 3 nitrogen and oxygen atoms in total.